The Labute approximate surface area is 115 Å². The van der Waals surface area contributed by atoms with E-state index < -0.39 is 0 Å². The zero-order chi connectivity index (χ0) is 12.3. The molecule has 1 saturated heterocycles. The van der Waals surface area contributed by atoms with Gasteiger partial charge >= 0.3 is 0 Å². The van der Waals surface area contributed by atoms with Crippen LogP contribution in [0.5, 0.6) is 0 Å². The van der Waals surface area contributed by atoms with Gasteiger partial charge in [-0.25, -0.2) is 0 Å². The van der Waals surface area contributed by atoms with Gasteiger partial charge in [0.15, 0.2) is 0 Å². The molecule has 1 heterocycles. The molecule has 1 aliphatic heterocycles. The number of carbonyl (C=O) groups excluding carboxylic acids is 1. The van der Waals surface area contributed by atoms with Crippen LogP contribution >= 0.6 is 27.5 Å². The van der Waals surface area contributed by atoms with Crippen molar-refractivity contribution >= 4 is 33.4 Å². The summed E-state index contributed by atoms with van der Waals surface area (Å²) in [6, 6.07) is 7.58. The maximum absolute atomic E-state index is 12.3. The number of hydrogen-bond acceptors (Lipinski definition) is 1. The van der Waals surface area contributed by atoms with Gasteiger partial charge in [0.05, 0.1) is 5.56 Å². The summed E-state index contributed by atoms with van der Waals surface area (Å²) in [6.07, 6.45) is 2.07. The molecule has 0 spiro atoms. The number of halogens is 2. The van der Waals surface area contributed by atoms with Crippen molar-refractivity contribution < 1.29 is 4.79 Å². The number of hydrogen-bond donors (Lipinski definition) is 0. The molecule has 1 aromatic carbocycles. The summed E-state index contributed by atoms with van der Waals surface area (Å²) in [5.41, 5.74) is 0.749. The van der Waals surface area contributed by atoms with Crippen molar-refractivity contribution in [3.05, 3.63) is 34.3 Å². The maximum Gasteiger partial charge on any atom is 0.255 e. The molecule has 1 fully saturated rings. The molecule has 92 valence electrons. The van der Waals surface area contributed by atoms with E-state index in [-0.39, 0.29) is 5.91 Å². The van der Waals surface area contributed by atoms with Crippen molar-refractivity contribution in [3.63, 3.8) is 0 Å². The second-order valence-corrected chi connectivity index (χ2v) is 5.60. The lowest BCUT2D eigenvalue weighted by molar-refractivity contribution is 0.0786. The summed E-state index contributed by atoms with van der Waals surface area (Å²) in [6.45, 7) is 1.69. The van der Waals surface area contributed by atoms with Crippen LogP contribution in [0.1, 0.15) is 23.2 Å². The monoisotopic (exact) mass is 315 g/mol. The van der Waals surface area contributed by atoms with Crippen LogP contribution in [0.25, 0.3) is 0 Å². The fraction of sp³-hybridized carbons (Fsp3) is 0.462. The van der Waals surface area contributed by atoms with Crippen LogP contribution in [-0.2, 0) is 0 Å². The highest BCUT2D eigenvalue weighted by atomic mass is 79.9. The molecule has 0 aromatic heterocycles. The molecule has 0 aliphatic carbocycles. The highest BCUT2D eigenvalue weighted by Crippen LogP contribution is 2.24. The second kappa shape index (κ2) is 5.87. The van der Waals surface area contributed by atoms with E-state index in [1.807, 2.05) is 29.2 Å². The molecule has 1 unspecified atom stereocenters. The van der Waals surface area contributed by atoms with E-state index >= 15 is 0 Å². The van der Waals surface area contributed by atoms with Crippen molar-refractivity contribution in [1.29, 1.82) is 0 Å². The van der Waals surface area contributed by atoms with Crippen molar-refractivity contribution in [2.24, 2.45) is 5.92 Å². The van der Waals surface area contributed by atoms with Gasteiger partial charge in [0.1, 0.15) is 0 Å². The Balaban J connectivity index is 2.05. The minimum absolute atomic E-state index is 0.120. The highest BCUT2D eigenvalue weighted by molar-refractivity contribution is 9.10. The molecule has 1 aromatic rings. The van der Waals surface area contributed by atoms with Crippen LogP contribution in [0, 0.1) is 5.92 Å². The number of rotatable bonds is 3. The van der Waals surface area contributed by atoms with Gasteiger partial charge in [0.2, 0.25) is 0 Å². The Hall–Kier alpha value is -0.540. The zero-order valence-corrected chi connectivity index (χ0v) is 11.9. The fourth-order valence-electron chi connectivity index (χ4n) is 2.21. The van der Waals surface area contributed by atoms with Crippen LogP contribution in [0.3, 0.4) is 0 Å². The number of alkyl halides is 1. The standard InChI is InChI=1S/C13H15BrClNO/c14-12-4-2-1-3-11(12)13(17)16-8-6-10(9-16)5-7-15/h1-4,10H,5-9H2. The fourth-order valence-corrected chi connectivity index (χ4v) is 2.98. The number of nitrogens with zero attached hydrogens (tertiary/aromatic N) is 1. The average molecular weight is 317 g/mol. The lowest BCUT2D eigenvalue weighted by atomic mass is 10.1. The van der Waals surface area contributed by atoms with Crippen LogP contribution < -0.4 is 0 Å². The number of amides is 1. The van der Waals surface area contributed by atoms with E-state index in [4.69, 9.17) is 11.6 Å². The SMILES string of the molecule is O=C(c1ccccc1Br)N1CCC(CCCl)C1. The first-order chi connectivity index (χ1) is 8.22. The van der Waals surface area contributed by atoms with Gasteiger partial charge in [-0.05, 0) is 46.8 Å². The van der Waals surface area contributed by atoms with Crippen LogP contribution in [0.2, 0.25) is 0 Å². The minimum atomic E-state index is 0.120. The first-order valence-electron chi connectivity index (χ1n) is 5.82. The summed E-state index contributed by atoms with van der Waals surface area (Å²) in [7, 11) is 0. The van der Waals surface area contributed by atoms with Crippen molar-refractivity contribution in [3.8, 4) is 0 Å². The minimum Gasteiger partial charge on any atom is -0.338 e. The molecule has 0 bridgehead atoms. The average Bonchev–Trinajstić information content (AvgIpc) is 2.78. The van der Waals surface area contributed by atoms with E-state index in [2.05, 4.69) is 15.9 Å². The Bertz CT molecular complexity index is 410. The molecule has 0 radical (unpaired) electrons. The number of carbonyl (C=O) groups is 1. The first kappa shape index (κ1) is 12.9. The van der Waals surface area contributed by atoms with E-state index in [1.165, 1.54) is 0 Å². The van der Waals surface area contributed by atoms with Crippen molar-refractivity contribution in [2.75, 3.05) is 19.0 Å². The Morgan fingerprint density at radius 3 is 2.94 bits per heavy atom. The number of likely N-dealkylation sites (tertiary alicyclic amines) is 1. The zero-order valence-electron chi connectivity index (χ0n) is 9.53. The summed E-state index contributed by atoms with van der Waals surface area (Å²) < 4.78 is 0.866. The third-order valence-electron chi connectivity index (χ3n) is 3.19. The molecule has 0 N–H and O–H groups in total. The van der Waals surface area contributed by atoms with Gasteiger partial charge in [-0.15, -0.1) is 11.6 Å². The molecule has 0 saturated carbocycles. The largest absolute Gasteiger partial charge is 0.338 e. The van der Waals surface area contributed by atoms with E-state index in [1.54, 1.807) is 0 Å². The van der Waals surface area contributed by atoms with Gasteiger partial charge in [-0.1, -0.05) is 12.1 Å². The summed E-state index contributed by atoms with van der Waals surface area (Å²) in [5.74, 6) is 1.37. The lowest BCUT2D eigenvalue weighted by Gasteiger charge is -2.17. The molecule has 2 nitrogen and oxygen atoms in total. The van der Waals surface area contributed by atoms with E-state index in [9.17, 15) is 4.79 Å². The third-order valence-corrected chi connectivity index (χ3v) is 4.10. The lowest BCUT2D eigenvalue weighted by Crippen LogP contribution is -2.29. The molecule has 17 heavy (non-hydrogen) atoms. The predicted molar refractivity (Wildman–Crippen MR) is 73.5 cm³/mol. The summed E-state index contributed by atoms with van der Waals surface area (Å²) in [4.78, 5) is 14.2. The Morgan fingerprint density at radius 2 is 2.24 bits per heavy atom. The van der Waals surface area contributed by atoms with E-state index in [0.717, 1.165) is 36.0 Å². The quantitative estimate of drug-likeness (QED) is 0.781. The second-order valence-electron chi connectivity index (χ2n) is 4.36. The molecule has 1 aliphatic rings. The van der Waals surface area contributed by atoms with Gasteiger partial charge in [-0.3, -0.25) is 4.79 Å². The van der Waals surface area contributed by atoms with Gasteiger partial charge in [0, 0.05) is 23.4 Å². The summed E-state index contributed by atoms with van der Waals surface area (Å²) >= 11 is 9.16. The van der Waals surface area contributed by atoms with Crippen LogP contribution in [0.4, 0.5) is 0 Å². The molecule has 1 atom stereocenters. The predicted octanol–water partition coefficient (Wildman–Crippen LogP) is 3.54. The Kier molecular flexibility index (Phi) is 4.46. The van der Waals surface area contributed by atoms with Crippen molar-refractivity contribution in [1.82, 2.24) is 4.90 Å². The van der Waals surface area contributed by atoms with Gasteiger partial charge in [0.25, 0.3) is 5.91 Å². The van der Waals surface area contributed by atoms with Gasteiger partial charge in [-0.2, -0.15) is 0 Å². The van der Waals surface area contributed by atoms with Crippen LogP contribution in [0.15, 0.2) is 28.7 Å². The highest BCUT2D eigenvalue weighted by Gasteiger charge is 2.27. The molecule has 4 heteroatoms. The van der Waals surface area contributed by atoms with Crippen LogP contribution in [-0.4, -0.2) is 29.8 Å². The smallest absolute Gasteiger partial charge is 0.255 e. The van der Waals surface area contributed by atoms with Gasteiger partial charge < -0.3 is 4.90 Å². The molecular formula is C13H15BrClNO. The topological polar surface area (TPSA) is 20.3 Å². The van der Waals surface area contributed by atoms with E-state index in [0.29, 0.717) is 11.8 Å². The summed E-state index contributed by atoms with van der Waals surface area (Å²) in [5, 5.41) is 0. The third kappa shape index (κ3) is 3.02. The first-order valence-corrected chi connectivity index (χ1v) is 7.15. The number of benzene rings is 1. The van der Waals surface area contributed by atoms with Crippen molar-refractivity contribution in [2.45, 2.75) is 12.8 Å². The Morgan fingerprint density at radius 1 is 1.47 bits per heavy atom. The maximum atomic E-state index is 12.3. The molecule has 2 rings (SSSR count). The normalized spacial score (nSPS) is 19.6. The molecular weight excluding hydrogens is 302 g/mol. The molecule has 1 amide bonds.